The number of fused-ring (bicyclic) bond motifs is 1. The van der Waals surface area contributed by atoms with Gasteiger partial charge in [-0.05, 0) is 55.9 Å². The molecule has 8 heteroatoms. The van der Waals surface area contributed by atoms with Gasteiger partial charge in [-0.25, -0.2) is 22.2 Å². The van der Waals surface area contributed by atoms with Crippen molar-refractivity contribution in [2.75, 3.05) is 6.54 Å². The fourth-order valence-electron chi connectivity index (χ4n) is 2.99. The van der Waals surface area contributed by atoms with Gasteiger partial charge in [0.2, 0.25) is 10.0 Å². The summed E-state index contributed by atoms with van der Waals surface area (Å²) in [6.45, 7) is 1.73. The predicted molar refractivity (Wildman–Crippen MR) is 91.5 cm³/mol. The van der Waals surface area contributed by atoms with Crippen LogP contribution in [0.25, 0.3) is 0 Å². The van der Waals surface area contributed by atoms with Gasteiger partial charge in [-0.2, -0.15) is 5.10 Å². The second kappa shape index (κ2) is 7.05. The second-order valence-electron chi connectivity index (χ2n) is 6.19. The SMILES string of the molecule is Cc1ccc(F)cc1S(=O)(=O)NCCn1nc2c(cc1=O)CCCC2. The number of nitrogens with zero attached hydrogens (tertiary/aromatic N) is 2. The first-order chi connectivity index (χ1) is 11.9. The van der Waals surface area contributed by atoms with Crippen LogP contribution in [0.1, 0.15) is 29.7 Å². The van der Waals surface area contributed by atoms with E-state index in [1.807, 2.05) is 0 Å². The van der Waals surface area contributed by atoms with Crippen molar-refractivity contribution in [2.24, 2.45) is 0 Å². The van der Waals surface area contributed by atoms with E-state index in [-0.39, 0.29) is 23.5 Å². The van der Waals surface area contributed by atoms with Gasteiger partial charge in [0, 0.05) is 12.6 Å². The van der Waals surface area contributed by atoms with Gasteiger partial charge in [-0.3, -0.25) is 4.79 Å². The lowest BCUT2D eigenvalue weighted by molar-refractivity contribution is 0.525. The number of aryl methyl sites for hydroxylation is 3. The smallest absolute Gasteiger partial charge is 0.267 e. The van der Waals surface area contributed by atoms with Crippen LogP contribution in [-0.2, 0) is 29.4 Å². The Balaban J connectivity index is 1.72. The monoisotopic (exact) mass is 365 g/mol. The Morgan fingerprint density at radius 2 is 2.00 bits per heavy atom. The first-order valence-corrected chi connectivity index (χ1v) is 9.71. The minimum atomic E-state index is -3.85. The van der Waals surface area contributed by atoms with Crippen molar-refractivity contribution >= 4 is 10.0 Å². The van der Waals surface area contributed by atoms with Crippen LogP contribution in [0.5, 0.6) is 0 Å². The highest BCUT2D eigenvalue weighted by Crippen LogP contribution is 2.17. The summed E-state index contributed by atoms with van der Waals surface area (Å²) in [7, 11) is -3.85. The van der Waals surface area contributed by atoms with Gasteiger partial charge in [0.15, 0.2) is 0 Å². The Hall–Kier alpha value is -2.06. The lowest BCUT2D eigenvalue weighted by Crippen LogP contribution is -2.33. The highest BCUT2D eigenvalue weighted by molar-refractivity contribution is 7.89. The molecule has 0 saturated carbocycles. The first-order valence-electron chi connectivity index (χ1n) is 8.22. The third-order valence-corrected chi connectivity index (χ3v) is 5.93. The van der Waals surface area contributed by atoms with E-state index in [4.69, 9.17) is 0 Å². The minimum absolute atomic E-state index is 0.00395. The van der Waals surface area contributed by atoms with E-state index in [2.05, 4.69) is 9.82 Å². The summed E-state index contributed by atoms with van der Waals surface area (Å²) in [5, 5.41) is 4.35. The Morgan fingerprint density at radius 3 is 2.80 bits per heavy atom. The molecule has 1 aliphatic carbocycles. The molecule has 3 rings (SSSR count). The molecular formula is C17H20FN3O3S. The van der Waals surface area contributed by atoms with E-state index < -0.39 is 15.8 Å². The van der Waals surface area contributed by atoms with Crippen LogP contribution in [0.3, 0.4) is 0 Å². The van der Waals surface area contributed by atoms with Crippen molar-refractivity contribution < 1.29 is 12.8 Å². The molecule has 0 aliphatic heterocycles. The quantitative estimate of drug-likeness (QED) is 0.872. The number of aromatic nitrogens is 2. The fourth-order valence-corrected chi connectivity index (χ4v) is 4.26. The second-order valence-corrected chi connectivity index (χ2v) is 7.93. The van der Waals surface area contributed by atoms with Crippen molar-refractivity contribution in [2.45, 2.75) is 44.0 Å². The van der Waals surface area contributed by atoms with Crippen molar-refractivity contribution in [3.05, 3.63) is 57.3 Å². The molecule has 1 N–H and O–H groups in total. The van der Waals surface area contributed by atoms with Gasteiger partial charge in [-0.15, -0.1) is 0 Å². The number of sulfonamides is 1. The van der Waals surface area contributed by atoms with Crippen LogP contribution in [0.2, 0.25) is 0 Å². The van der Waals surface area contributed by atoms with Crippen LogP contribution >= 0.6 is 0 Å². The zero-order chi connectivity index (χ0) is 18.0. The molecule has 0 saturated heterocycles. The predicted octanol–water partition coefficient (Wildman–Crippen LogP) is 1.55. The van der Waals surface area contributed by atoms with Crippen LogP contribution in [0.4, 0.5) is 4.39 Å². The molecule has 6 nitrogen and oxygen atoms in total. The summed E-state index contributed by atoms with van der Waals surface area (Å²) >= 11 is 0. The summed E-state index contributed by atoms with van der Waals surface area (Å²) in [6, 6.07) is 5.21. The molecule has 2 aromatic rings. The van der Waals surface area contributed by atoms with Crippen molar-refractivity contribution in [1.82, 2.24) is 14.5 Å². The van der Waals surface area contributed by atoms with Gasteiger partial charge >= 0.3 is 0 Å². The first kappa shape index (κ1) is 17.8. The van der Waals surface area contributed by atoms with E-state index in [1.165, 1.54) is 16.8 Å². The molecule has 1 aromatic heterocycles. The van der Waals surface area contributed by atoms with Crippen molar-refractivity contribution in [1.29, 1.82) is 0 Å². The molecule has 0 unspecified atom stereocenters. The molecule has 25 heavy (non-hydrogen) atoms. The van der Waals surface area contributed by atoms with E-state index >= 15 is 0 Å². The zero-order valence-corrected chi connectivity index (χ0v) is 14.8. The number of rotatable bonds is 5. The maximum atomic E-state index is 13.3. The van der Waals surface area contributed by atoms with Gasteiger partial charge in [-0.1, -0.05) is 6.07 Å². The molecule has 0 fully saturated rings. The highest BCUT2D eigenvalue weighted by Gasteiger charge is 2.18. The third kappa shape index (κ3) is 3.96. The topological polar surface area (TPSA) is 81.1 Å². The summed E-state index contributed by atoms with van der Waals surface area (Å²) < 4.78 is 41.7. The molecule has 134 valence electrons. The van der Waals surface area contributed by atoms with E-state index in [0.717, 1.165) is 43.0 Å². The van der Waals surface area contributed by atoms with Gasteiger partial charge in [0.1, 0.15) is 5.82 Å². The fraction of sp³-hybridized carbons (Fsp3) is 0.412. The molecule has 1 aliphatic rings. The Kier molecular flexibility index (Phi) is 5.01. The van der Waals surface area contributed by atoms with Crippen LogP contribution in [-0.4, -0.2) is 24.7 Å². The van der Waals surface area contributed by atoms with Crippen molar-refractivity contribution in [3.8, 4) is 0 Å². The molecule has 0 atom stereocenters. The zero-order valence-electron chi connectivity index (χ0n) is 14.0. The Morgan fingerprint density at radius 1 is 1.24 bits per heavy atom. The normalized spacial score (nSPS) is 14.3. The maximum Gasteiger partial charge on any atom is 0.267 e. The average molecular weight is 365 g/mol. The Labute approximate surface area is 145 Å². The summed E-state index contributed by atoms with van der Waals surface area (Å²) in [4.78, 5) is 12.0. The average Bonchev–Trinajstić information content (AvgIpc) is 2.57. The van der Waals surface area contributed by atoms with Crippen LogP contribution in [0.15, 0.2) is 34.0 Å². The van der Waals surface area contributed by atoms with E-state index in [9.17, 15) is 17.6 Å². The standard InChI is InChI=1S/C17H20FN3O3S/c1-12-6-7-14(18)11-16(12)25(23,24)19-8-9-21-17(22)10-13-4-2-3-5-15(13)20-21/h6-7,10-11,19H,2-5,8-9H2,1H3. The summed E-state index contributed by atoms with van der Waals surface area (Å²) in [6.07, 6.45) is 3.81. The lowest BCUT2D eigenvalue weighted by atomic mass is 9.97. The number of hydrogen-bond acceptors (Lipinski definition) is 4. The molecule has 1 aromatic carbocycles. The van der Waals surface area contributed by atoms with Gasteiger partial charge in [0.05, 0.1) is 17.1 Å². The number of benzene rings is 1. The van der Waals surface area contributed by atoms with Gasteiger partial charge < -0.3 is 0 Å². The van der Waals surface area contributed by atoms with E-state index in [1.54, 1.807) is 13.0 Å². The molecule has 0 bridgehead atoms. The minimum Gasteiger partial charge on any atom is -0.268 e. The molecular weight excluding hydrogens is 345 g/mol. The Bertz CT molecular complexity index is 954. The van der Waals surface area contributed by atoms with E-state index in [0.29, 0.717) is 5.56 Å². The summed E-state index contributed by atoms with van der Waals surface area (Å²) in [5.74, 6) is -0.612. The number of halogens is 1. The summed E-state index contributed by atoms with van der Waals surface area (Å²) in [5.41, 5.74) is 2.12. The number of nitrogens with one attached hydrogen (secondary N) is 1. The third-order valence-electron chi connectivity index (χ3n) is 4.33. The molecule has 0 radical (unpaired) electrons. The largest absolute Gasteiger partial charge is 0.268 e. The molecule has 0 spiro atoms. The number of hydrogen-bond donors (Lipinski definition) is 1. The molecule has 0 amide bonds. The maximum absolute atomic E-state index is 13.3. The van der Waals surface area contributed by atoms with Gasteiger partial charge in [0.25, 0.3) is 5.56 Å². The van der Waals surface area contributed by atoms with Crippen LogP contribution < -0.4 is 10.3 Å². The highest BCUT2D eigenvalue weighted by atomic mass is 32.2. The van der Waals surface area contributed by atoms with Crippen molar-refractivity contribution in [3.63, 3.8) is 0 Å². The van der Waals surface area contributed by atoms with Crippen LogP contribution in [0, 0.1) is 12.7 Å². The molecule has 1 heterocycles. The lowest BCUT2D eigenvalue weighted by Gasteiger charge is -2.16.